The first-order valence-corrected chi connectivity index (χ1v) is 17.1. The summed E-state index contributed by atoms with van der Waals surface area (Å²) >= 11 is 0. The Labute approximate surface area is 289 Å². The second-order valence-corrected chi connectivity index (χ2v) is 12.9. The first-order chi connectivity index (χ1) is 23.3. The lowest BCUT2D eigenvalue weighted by Gasteiger charge is -2.12. The molecule has 1 aliphatic rings. The molecular weight excluding hydrogens is 577 g/mol. The fraction of sp³-hybridized carbons (Fsp3) is 0.167. The van der Waals surface area contributed by atoms with Gasteiger partial charge in [-0.15, -0.1) is 0 Å². The average molecular weight is 625 g/mol. The maximum absolute atomic E-state index is 2.34. The smallest absolute Gasteiger partial charge is 0.0152 e. The zero-order valence-corrected chi connectivity index (χ0v) is 29.4. The first kappa shape index (κ1) is 34.1. The van der Waals surface area contributed by atoms with Gasteiger partial charge in [-0.05, 0) is 116 Å². The Balaban J connectivity index is 0.000000145. The molecule has 0 amide bonds. The van der Waals surface area contributed by atoms with Gasteiger partial charge in [-0.25, -0.2) is 0 Å². The molecule has 7 rings (SSSR count). The maximum Gasteiger partial charge on any atom is -0.0152 e. The van der Waals surface area contributed by atoms with Crippen molar-refractivity contribution in [2.75, 3.05) is 0 Å². The minimum Gasteiger partial charge on any atom is -0.0763 e. The number of allylic oxidation sites excluding steroid dienone is 4. The molecule has 0 saturated carbocycles. The molecule has 6 aromatic carbocycles. The van der Waals surface area contributed by atoms with Crippen molar-refractivity contribution in [3.8, 4) is 33.4 Å². The highest BCUT2D eigenvalue weighted by molar-refractivity contribution is 5.77. The Bertz CT molecular complexity index is 1870. The number of hydrogen-bond acceptors (Lipinski definition) is 0. The molecule has 0 fully saturated rings. The summed E-state index contributed by atoms with van der Waals surface area (Å²) in [5.74, 6) is 0. The Morgan fingerprint density at radius 2 is 0.688 bits per heavy atom. The summed E-state index contributed by atoms with van der Waals surface area (Å²) in [7, 11) is 0. The van der Waals surface area contributed by atoms with Crippen molar-refractivity contribution in [1.82, 2.24) is 0 Å². The topological polar surface area (TPSA) is 0 Å². The minimum atomic E-state index is 1.19. The molecule has 0 nitrogen and oxygen atoms in total. The quantitative estimate of drug-likeness (QED) is 0.183. The normalized spacial score (nSPS) is 12.0. The van der Waals surface area contributed by atoms with Crippen LogP contribution >= 0.6 is 0 Å². The van der Waals surface area contributed by atoms with E-state index in [0.717, 1.165) is 0 Å². The van der Waals surface area contributed by atoms with Crippen molar-refractivity contribution < 1.29 is 0 Å². The maximum atomic E-state index is 2.34. The fourth-order valence-corrected chi connectivity index (χ4v) is 6.03. The predicted molar refractivity (Wildman–Crippen MR) is 210 cm³/mol. The Morgan fingerprint density at radius 1 is 0.354 bits per heavy atom. The molecule has 0 aromatic heterocycles. The van der Waals surface area contributed by atoms with Crippen LogP contribution in [0.2, 0.25) is 0 Å². The molecule has 0 heteroatoms. The van der Waals surface area contributed by atoms with Crippen molar-refractivity contribution in [3.05, 3.63) is 197 Å². The van der Waals surface area contributed by atoms with E-state index in [1.165, 1.54) is 90.7 Å². The monoisotopic (exact) mass is 624 g/mol. The van der Waals surface area contributed by atoms with Gasteiger partial charge in [-0.3, -0.25) is 0 Å². The molecule has 48 heavy (non-hydrogen) atoms. The number of rotatable bonds is 4. The lowest BCUT2D eigenvalue weighted by atomic mass is 9.93. The zero-order valence-electron chi connectivity index (χ0n) is 29.4. The van der Waals surface area contributed by atoms with E-state index in [9.17, 15) is 0 Å². The minimum absolute atomic E-state index is 1.19. The van der Waals surface area contributed by atoms with Crippen LogP contribution in [-0.2, 0) is 0 Å². The van der Waals surface area contributed by atoms with Gasteiger partial charge in [0, 0.05) is 0 Å². The van der Waals surface area contributed by atoms with Gasteiger partial charge in [0.05, 0.1) is 0 Å². The second kappa shape index (κ2) is 16.6. The van der Waals surface area contributed by atoms with Crippen LogP contribution in [0.25, 0.3) is 39.0 Å². The van der Waals surface area contributed by atoms with E-state index in [1.54, 1.807) is 0 Å². The molecule has 0 atom stereocenters. The number of aryl methyl sites for hydroxylation is 5. The molecule has 0 bridgehead atoms. The van der Waals surface area contributed by atoms with Crippen molar-refractivity contribution in [1.29, 1.82) is 0 Å². The second-order valence-electron chi connectivity index (χ2n) is 12.9. The molecule has 0 saturated heterocycles. The van der Waals surface area contributed by atoms with Gasteiger partial charge < -0.3 is 0 Å². The Hall–Kier alpha value is -5.20. The Morgan fingerprint density at radius 3 is 1.04 bits per heavy atom. The van der Waals surface area contributed by atoms with Gasteiger partial charge in [0.2, 0.25) is 0 Å². The van der Waals surface area contributed by atoms with E-state index in [0.29, 0.717) is 0 Å². The van der Waals surface area contributed by atoms with E-state index in [4.69, 9.17) is 0 Å². The van der Waals surface area contributed by atoms with Crippen LogP contribution in [0.3, 0.4) is 0 Å². The third kappa shape index (κ3) is 9.20. The summed E-state index contributed by atoms with van der Waals surface area (Å²) < 4.78 is 0. The zero-order chi connectivity index (χ0) is 33.9. The lowest BCUT2D eigenvalue weighted by Crippen LogP contribution is -1.92. The SMILES string of the molecule is CC1=CC(c2ccccc2C)=CCC1.Cc1ccc(-c2ccc(-c3ccc(C)cc3)cc2)cc1.Cc1ccccc1-c1ccccc1C. The average Bonchev–Trinajstić information content (AvgIpc) is 3.11. The van der Waals surface area contributed by atoms with Crippen molar-refractivity contribution in [3.63, 3.8) is 0 Å². The summed E-state index contributed by atoms with van der Waals surface area (Å²) in [5.41, 5.74) is 18.6. The van der Waals surface area contributed by atoms with Gasteiger partial charge in [0.15, 0.2) is 0 Å². The van der Waals surface area contributed by atoms with Gasteiger partial charge in [0.1, 0.15) is 0 Å². The summed E-state index contributed by atoms with van der Waals surface area (Å²) in [4.78, 5) is 0. The van der Waals surface area contributed by atoms with Gasteiger partial charge in [-0.1, -0.05) is 174 Å². The molecule has 6 aromatic rings. The molecular formula is C48H48. The molecule has 0 N–H and O–H groups in total. The third-order valence-corrected chi connectivity index (χ3v) is 9.00. The highest BCUT2D eigenvalue weighted by atomic mass is 14.1. The summed E-state index contributed by atoms with van der Waals surface area (Å²) in [6.45, 7) is 12.9. The van der Waals surface area contributed by atoms with Crippen molar-refractivity contribution in [2.45, 2.75) is 54.4 Å². The van der Waals surface area contributed by atoms with E-state index in [-0.39, 0.29) is 0 Å². The van der Waals surface area contributed by atoms with E-state index >= 15 is 0 Å². The van der Waals surface area contributed by atoms with Crippen LogP contribution in [0.5, 0.6) is 0 Å². The molecule has 0 aliphatic heterocycles. The number of benzene rings is 6. The van der Waals surface area contributed by atoms with E-state index in [1.807, 2.05) is 0 Å². The van der Waals surface area contributed by atoms with Crippen molar-refractivity contribution >= 4 is 5.57 Å². The standard InChI is InChI=1S/C20H18.C14H14.C14H16/c1-15-3-7-17(8-4-15)19-11-13-20(14-12-19)18-9-5-16(2)6-10-18;1-11-7-3-5-9-13(11)14-10-6-4-8-12(14)2;1-11-6-5-8-13(10-11)14-9-4-3-7-12(14)2/h3-14H,1-2H3;3-10H,1-2H3;3-4,7-10H,5-6H2,1-2H3. The summed E-state index contributed by atoms with van der Waals surface area (Å²) in [5, 5.41) is 0. The molecule has 0 heterocycles. The highest BCUT2D eigenvalue weighted by Gasteiger charge is 2.06. The number of hydrogen-bond donors (Lipinski definition) is 0. The van der Waals surface area contributed by atoms with Gasteiger partial charge in [0.25, 0.3) is 0 Å². The van der Waals surface area contributed by atoms with Crippen LogP contribution in [0.4, 0.5) is 0 Å². The molecule has 0 spiro atoms. The molecule has 240 valence electrons. The molecule has 1 aliphatic carbocycles. The van der Waals surface area contributed by atoms with Crippen LogP contribution < -0.4 is 0 Å². The summed E-state index contributed by atoms with van der Waals surface area (Å²) in [6, 6.07) is 51.7. The van der Waals surface area contributed by atoms with Crippen LogP contribution in [0.1, 0.15) is 53.1 Å². The molecule has 0 radical (unpaired) electrons. The lowest BCUT2D eigenvalue weighted by molar-refractivity contribution is 0.965. The predicted octanol–water partition coefficient (Wildman–Crippen LogP) is 13.7. The van der Waals surface area contributed by atoms with Crippen LogP contribution in [0.15, 0.2) is 163 Å². The van der Waals surface area contributed by atoms with E-state index < -0.39 is 0 Å². The largest absolute Gasteiger partial charge is 0.0763 e. The Kier molecular flexibility index (Phi) is 11.8. The molecule has 0 unspecified atom stereocenters. The van der Waals surface area contributed by atoms with Crippen LogP contribution in [0, 0.1) is 34.6 Å². The summed E-state index contributed by atoms with van der Waals surface area (Å²) in [6.07, 6.45) is 7.06. The van der Waals surface area contributed by atoms with E-state index in [2.05, 4.69) is 199 Å². The highest BCUT2D eigenvalue weighted by Crippen LogP contribution is 2.28. The fourth-order valence-electron chi connectivity index (χ4n) is 6.03. The van der Waals surface area contributed by atoms with Crippen molar-refractivity contribution in [2.24, 2.45) is 0 Å². The van der Waals surface area contributed by atoms with Gasteiger partial charge >= 0.3 is 0 Å². The third-order valence-electron chi connectivity index (χ3n) is 9.00. The van der Waals surface area contributed by atoms with Crippen LogP contribution in [-0.4, -0.2) is 0 Å². The first-order valence-electron chi connectivity index (χ1n) is 17.1. The van der Waals surface area contributed by atoms with Gasteiger partial charge in [-0.2, -0.15) is 0 Å².